The van der Waals surface area contributed by atoms with Gasteiger partial charge in [0.1, 0.15) is 12.7 Å². The predicted octanol–water partition coefficient (Wildman–Crippen LogP) is -0.954. The summed E-state index contributed by atoms with van der Waals surface area (Å²) in [5.74, 6) is -2.85. The number of carbonyl (C=O) groups is 4. The molecule has 0 rings (SSSR count). The van der Waals surface area contributed by atoms with Gasteiger partial charge in [-0.15, -0.1) is 0 Å². The van der Waals surface area contributed by atoms with Gasteiger partial charge in [-0.1, -0.05) is 0 Å². The molecule has 0 saturated heterocycles. The molecule has 1 unspecified atom stereocenters. The van der Waals surface area contributed by atoms with Crippen molar-refractivity contribution in [3.63, 3.8) is 0 Å². The number of hydrogen-bond acceptors (Lipinski definition) is 10. The van der Waals surface area contributed by atoms with E-state index in [0.717, 1.165) is 19.3 Å². The van der Waals surface area contributed by atoms with E-state index in [1.54, 1.807) is 19.0 Å². The topological polar surface area (TPSA) is 129 Å². The van der Waals surface area contributed by atoms with Crippen LogP contribution in [0.4, 0.5) is 0 Å². The molecule has 0 fully saturated rings. The highest BCUT2D eigenvalue weighted by Crippen LogP contribution is 2.05. The first-order valence-electron chi connectivity index (χ1n) is 7.73. The molecule has 1 N–H and O–H groups in total. The van der Waals surface area contributed by atoms with Gasteiger partial charge < -0.3 is 29.0 Å². The molecule has 0 aromatic carbocycles. The lowest BCUT2D eigenvalue weighted by Crippen LogP contribution is -2.34. The zero-order valence-corrected chi connectivity index (χ0v) is 15.3. The van der Waals surface area contributed by atoms with Crippen LogP contribution in [0.1, 0.15) is 13.3 Å². The Kier molecular flexibility index (Phi) is 11.6. The van der Waals surface area contributed by atoms with Gasteiger partial charge in [0, 0.05) is 25.6 Å². The quantitative estimate of drug-likeness (QED) is 0.274. The van der Waals surface area contributed by atoms with Crippen LogP contribution in [0.3, 0.4) is 0 Å². The molecule has 0 aliphatic heterocycles. The Labute approximate surface area is 151 Å². The lowest BCUT2D eigenvalue weighted by atomic mass is 10.2. The van der Waals surface area contributed by atoms with Crippen molar-refractivity contribution in [2.24, 2.45) is 0 Å². The van der Waals surface area contributed by atoms with E-state index in [0.29, 0.717) is 6.54 Å². The van der Waals surface area contributed by atoms with E-state index in [-0.39, 0.29) is 6.42 Å². The van der Waals surface area contributed by atoms with E-state index < -0.39 is 49.3 Å². The molecule has 0 radical (unpaired) electrons. The second-order valence-electron chi connectivity index (χ2n) is 5.48. The van der Waals surface area contributed by atoms with E-state index in [9.17, 15) is 24.3 Å². The van der Waals surface area contributed by atoms with Crippen molar-refractivity contribution in [3.05, 3.63) is 12.2 Å². The fraction of sp³-hybridized carbons (Fsp3) is 0.625. The van der Waals surface area contributed by atoms with Crippen LogP contribution in [-0.2, 0) is 38.1 Å². The highest BCUT2D eigenvalue weighted by atomic mass is 16.6. The van der Waals surface area contributed by atoms with Crippen LogP contribution in [0.25, 0.3) is 0 Å². The molecule has 148 valence electrons. The molecule has 2 atom stereocenters. The summed E-state index contributed by atoms with van der Waals surface area (Å²) in [5, 5.41) is 9.21. The Bertz CT molecular complexity index is 516. The zero-order chi connectivity index (χ0) is 20.1. The van der Waals surface area contributed by atoms with Gasteiger partial charge >= 0.3 is 23.9 Å². The second kappa shape index (κ2) is 12.8. The minimum Gasteiger partial charge on any atom is -0.466 e. The van der Waals surface area contributed by atoms with Gasteiger partial charge in [-0.2, -0.15) is 0 Å². The maximum absolute atomic E-state index is 11.9. The Morgan fingerprint density at radius 3 is 2.15 bits per heavy atom. The first-order valence-corrected chi connectivity index (χ1v) is 7.73. The van der Waals surface area contributed by atoms with Crippen molar-refractivity contribution in [3.8, 4) is 0 Å². The molecule has 26 heavy (non-hydrogen) atoms. The number of carbonyl (C=O) groups excluding carboxylic acids is 4. The molecular formula is C16H25NO9. The number of rotatable bonds is 11. The highest BCUT2D eigenvalue weighted by molar-refractivity contribution is 5.91. The van der Waals surface area contributed by atoms with E-state index >= 15 is 0 Å². The normalized spacial score (nSPS) is 13.2. The summed E-state index contributed by atoms with van der Waals surface area (Å²) in [4.78, 5) is 47.0. The van der Waals surface area contributed by atoms with E-state index in [1.165, 1.54) is 6.92 Å². The van der Waals surface area contributed by atoms with Crippen molar-refractivity contribution >= 4 is 23.9 Å². The molecule has 0 heterocycles. The molecule has 0 spiro atoms. The van der Waals surface area contributed by atoms with Crippen molar-refractivity contribution in [2.45, 2.75) is 25.6 Å². The fourth-order valence-electron chi connectivity index (χ4n) is 1.76. The van der Waals surface area contributed by atoms with Gasteiger partial charge in [-0.05, 0) is 14.1 Å². The van der Waals surface area contributed by atoms with E-state index in [2.05, 4.69) is 4.74 Å². The van der Waals surface area contributed by atoms with Crippen LogP contribution in [0, 0.1) is 0 Å². The third-order valence-electron chi connectivity index (χ3n) is 2.77. The number of methoxy groups -OCH3 is 1. The van der Waals surface area contributed by atoms with E-state index in [1.807, 2.05) is 0 Å². The van der Waals surface area contributed by atoms with Crippen LogP contribution in [0.2, 0.25) is 0 Å². The van der Waals surface area contributed by atoms with Crippen molar-refractivity contribution in [1.82, 2.24) is 4.90 Å². The number of nitrogens with zero attached hydrogens (tertiary/aromatic N) is 1. The Hall–Kier alpha value is -2.46. The number of aliphatic hydroxyl groups is 1. The molecule has 0 saturated carbocycles. The number of aliphatic hydroxyl groups excluding tert-OH is 1. The summed E-state index contributed by atoms with van der Waals surface area (Å²) in [7, 11) is 4.65. The van der Waals surface area contributed by atoms with E-state index in [4.69, 9.17) is 14.2 Å². The highest BCUT2D eigenvalue weighted by Gasteiger charge is 2.22. The maximum atomic E-state index is 11.9. The maximum Gasteiger partial charge on any atom is 0.331 e. The predicted molar refractivity (Wildman–Crippen MR) is 87.8 cm³/mol. The summed E-state index contributed by atoms with van der Waals surface area (Å²) in [6.07, 6.45) is -0.302. The number of ether oxygens (including phenoxy) is 4. The van der Waals surface area contributed by atoms with Gasteiger partial charge in [0.25, 0.3) is 0 Å². The van der Waals surface area contributed by atoms with Gasteiger partial charge in [0.15, 0.2) is 6.10 Å². The Morgan fingerprint density at radius 1 is 1.04 bits per heavy atom. The molecule has 0 bridgehead atoms. The molecule has 0 aromatic heterocycles. The Balaban J connectivity index is 4.48. The van der Waals surface area contributed by atoms with Gasteiger partial charge in [0.05, 0.1) is 20.1 Å². The third kappa shape index (κ3) is 12.0. The summed E-state index contributed by atoms with van der Waals surface area (Å²) in [5.41, 5.74) is 0. The zero-order valence-electron chi connectivity index (χ0n) is 15.3. The first kappa shape index (κ1) is 23.5. The number of likely N-dealkylation sites (N-methyl/N-ethyl adjacent to an activating group) is 1. The van der Waals surface area contributed by atoms with Gasteiger partial charge in [0.2, 0.25) is 0 Å². The largest absolute Gasteiger partial charge is 0.466 e. The smallest absolute Gasteiger partial charge is 0.331 e. The minimum absolute atomic E-state index is 0.218. The lowest BCUT2D eigenvalue weighted by molar-refractivity contribution is -0.164. The molecule has 0 aliphatic rings. The molecule has 10 nitrogen and oxygen atoms in total. The molecule has 0 amide bonds. The first-order chi connectivity index (χ1) is 12.2. The molecular weight excluding hydrogens is 350 g/mol. The number of hydrogen-bond donors (Lipinski definition) is 1. The Morgan fingerprint density at radius 2 is 1.65 bits per heavy atom. The number of esters is 4. The fourth-order valence-corrected chi connectivity index (χ4v) is 1.76. The SMILES string of the molecule is COC(=O)/C=C/C(=O)OCC(CO)OC(=O)C[C@H](CN(C)C)OC(C)=O. The van der Waals surface area contributed by atoms with Crippen LogP contribution < -0.4 is 0 Å². The summed E-state index contributed by atoms with van der Waals surface area (Å²) >= 11 is 0. The van der Waals surface area contributed by atoms with Gasteiger partial charge in [-0.3, -0.25) is 9.59 Å². The van der Waals surface area contributed by atoms with Crippen molar-refractivity contribution in [2.75, 3.05) is 41.0 Å². The van der Waals surface area contributed by atoms with Crippen molar-refractivity contribution < 1.29 is 43.2 Å². The molecule has 0 aromatic rings. The summed E-state index contributed by atoms with van der Waals surface area (Å²) < 4.78 is 19.1. The van der Waals surface area contributed by atoms with Crippen molar-refractivity contribution in [1.29, 1.82) is 0 Å². The van der Waals surface area contributed by atoms with Crippen LogP contribution in [0.15, 0.2) is 12.2 Å². The standard InChI is InChI=1S/C16H25NO9/c1-11(19)25-12(8-17(2)3)7-16(22)26-13(9-18)10-24-15(21)6-5-14(20)23-4/h5-6,12-13,18H,7-10H2,1-4H3/b6-5+/t12-,13?/m1/s1. The summed E-state index contributed by atoms with van der Waals surface area (Å²) in [6, 6.07) is 0. The summed E-state index contributed by atoms with van der Waals surface area (Å²) in [6.45, 7) is 0.557. The average Bonchev–Trinajstić information content (AvgIpc) is 2.54. The monoisotopic (exact) mass is 375 g/mol. The third-order valence-corrected chi connectivity index (χ3v) is 2.77. The van der Waals surface area contributed by atoms with Crippen LogP contribution >= 0.6 is 0 Å². The van der Waals surface area contributed by atoms with Gasteiger partial charge in [-0.25, -0.2) is 9.59 Å². The lowest BCUT2D eigenvalue weighted by Gasteiger charge is -2.21. The molecule has 0 aliphatic carbocycles. The van der Waals surface area contributed by atoms with Crippen LogP contribution in [0.5, 0.6) is 0 Å². The second-order valence-corrected chi connectivity index (χ2v) is 5.48. The average molecular weight is 375 g/mol. The molecule has 10 heteroatoms. The minimum atomic E-state index is -1.09. The van der Waals surface area contributed by atoms with Crippen LogP contribution in [-0.4, -0.2) is 87.1 Å².